The Labute approximate surface area is 130 Å². The first kappa shape index (κ1) is 15.8. The number of ether oxygens (including phenoxy) is 1. The second-order valence-corrected chi connectivity index (χ2v) is 7.78. The van der Waals surface area contributed by atoms with Crippen molar-refractivity contribution < 1.29 is 4.74 Å². The fourth-order valence-electron chi connectivity index (χ4n) is 4.30. The molecule has 0 aromatic carbocycles. The van der Waals surface area contributed by atoms with Crippen LogP contribution < -0.4 is 5.32 Å². The Kier molecular flexibility index (Phi) is 5.58. The maximum absolute atomic E-state index is 5.52. The van der Waals surface area contributed by atoms with E-state index in [0.29, 0.717) is 11.5 Å². The Bertz CT molecular complexity index is 300. The van der Waals surface area contributed by atoms with E-state index < -0.39 is 0 Å². The molecular weight excluding hydrogens is 260 g/mol. The Hall–Kier alpha value is -0.120. The van der Waals surface area contributed by atoms with Crippen LogP contribution in [0.2, 0.25) is 0 Å². The summed E-state index contributed by atoms with van der Waals surface area (Å²) in [5, 5.41) is 3.85. The van der Waals surface area contributed by atoms with Gasteiger partial charge in [-0.15, -0.1) is 0 Å². The van der Waals surface area contributed by atoms with Gasteiger partial charge in [0.25, 0.3) is 0 Å². The molecule has 1 saturated heterocycles. The summed E-state index contributed by atoms with van der Waals surface area (Å²) < 4.78 is 5.52. The van der Waals surface area contributed by atoms with Crippen molar-refractivity contribution in [2.24, 2.45) is 5.41 Å². The first-order valence-corrected chi connectivity index (χ1v) is 9.28. The molecule has 3 nitrogen and oxygen atoms in total. The van der Waals surface area contributed by atoms with Gasteiger partial charge in [-0.3, -0.25) is 0 Å². The van der Waals surface area contributed by atoms with Crippen LogP contribution in [0.25, 0.3) is 0 Å². The molecule has 122 valence electrons. The quantitative estimate of drug-likeness (QED) is 0.761. The molecule has 0 bridgehead atoms. The van der Waals surface area contributed by atoms with Gasteiger partial charge in [-0.2, -0.15) is 0 Å². The Morgan fingerprint density at radius 1 is 1.00 bits per heavy atom. The van der Waals surface area contributed by atoms with E-state index >= 15 is 0 Å². The molecule has 0 aromatic rings. The fraction of sp³-hybridized carbons (Fsp3) is 1.00. The number of methoxy groups -OCH3 is 1. The van der Waals surface area contributed by atoms with E-state index in [-0.39, 0.29) is 0 Å². The lowest BCUT2D eigenvalue weighted by atomic mass is 9.79. The molecule has 1 heterocycles. The van der Waals surface area contributed by atoms with Gasteiger partial charge in [-0.05, 0) is 43.9 Å². The second kappa shape index (κ2) is 7.43. The van der Waals surface area contributed by atoms with E-state index in [0.717, 1.165) is 6.04 Å². The van der Waals surface area contributed by atoms with Crippen LogP contribution in [0.1, 0.15) is 64.2 Å². The molecule has 0 spiro atoms. The minimum absolute atomic E-state index is 0.510. The molecular formula is C18H34N2O. The zero-order valence-corrected chi connectivity index (χ0v) is 13.9. The van der Waals surface area contributed by atoms with E-state index in [9.17, 15) is 0 Å². The number of hydrogen-bond donors (Lipinski definition) is 1. The average molecular weight is 294 g/mol. The van der Waals surface area contributed by atoms with Crippen LogP contribution in [0.15, 0.2) is 0 Å². The van der Waals surface area contributed by atoms with Gasteiger partial charge in [0.05, 0.1) is 6.10 Å². The predicted octanol–water partition coefficient (Wildman–Crippen LogP) is 3.19. The third-order valence-corrected chi connectivity index (χ3v) is 5.93. The minimum Gasteiger partial charge on any atom is -0.381 e. The van der Waals surface area contributed by atoms with E-state index in [1.165, 1.54) is 90.4 Å². The van der Waals surface area contributed by atoms with E-state index in [1.54, 1.807) is 0 Å². The van der Waals surface area contributed by atoms with Crippen LogP contribution in [0, 0.1) is 5.41 Å². The smallest absolute Gasteiger partial charge is 0.0595 e. The third-order valence-electron chi connectivity index (χ3n) is 5.93. The summed E-state index contributed by atoms with van der Waals surface area (Å²) in [5.41, 5.74) is 0.555. The molecule has 2 saturated carbocycles. The van der Waals surface area contributed by atoms with Crippen molar-refractivity contribution in [1.29, 1.82) is 0 Å². The number of nitrogens with zero attached hydrogens (tertiary/aromatic N) is 1. The van der Waals surface area contributed by atoms with Crippen molar-refractivity contribution in [2.75, 3.05) is 33.3 Å². The largest absolute Gasteiger partial charge is 0.381 e. The molecule has 0 amide bonds. The van der Waals surface area contributed by atoms with Crippen molar-refractivity contribution in [1.82, 2.24) is 10.2 Å². The zero-order valence-electron chi connectivity index (χ0n) is 13.9. The van der Waals surface area contributed by atoms with E-state index in [2.05, 4.69) is 10.2 Å². The average Bonchev–Trinajstić information content (AvgIpc) is 3.34. The van der Waals surface area contributed by atoms with Crippen LogP contribution >= 0.6 is 0 Å². The first-order valence-electron chi connectivity index (χ1n) is 9.28. The highest BCUT2D eigenvalue weighted by Crippen LogP contribution is 2.37. The third kappa shape index (κ3) is 4.67. The van der Waals surface area contributed by atoms with Crippen LogP contribution in [0.4, 0.5) is 0 Å². The minimum atomic E-state index is 0.510. The summed E-state index contributed by atoms with van der Waals surface area (Å²) >= 11 is 0. The highest BCUT2D eigenvalue weighted by atomic mass is 16.5. The second-order valence-electron chi connectivity index (χ2n) is 7.78. The van der Waals surface area contributed by atoms with Gasteiger partial charge in [0.15, 0.2) is 0 Å². The highest BCUT2D eigenvalue weighted by molar-refractivity contribution is 4.91. The van der Waals surface area contributed by atoms with Crippen molar-refractivity contribution in [3.05, 3.63) is 0 Å². The van der Waals surface area contributed by atoms with Gasteiger partial charge in [0.2, 0.25) is 0 Å². The molecule has 2 aliphatic carbocycles. The molecule has 0 radical (unpaired) electrons. The monoisotopic (exact) mass is 294 g/mol. The maximum Gasteiger partial charge on any atom is 0.0595 e. The first-order chi connectivity index (χ1) is 10.3. The van der Waals surface area contributed by atoms with Gasteiger partial charge >= 0.3 is 0 Å². The lowest BCUT2D eigenvalue weighted by Gasteiger charge is -2.41. The highest BCUT2D eigenvalue weighted by Gasteiger charge is 2.35. The summed E-state index contributed by atoms with van der Waals surface area (Å²) in [5.74, 6) is 0. The maximum atomic E-state index is 5.52. The normalized spacial score (nSPS) is 28.4. The molecule has 0 unspecified atom stereocenters. The molecule has 21 heavy (non-hydrogen) atoms. The summed E-state index contributed by atoms with van der Waals surface area (Å²) in [6.45, 7) is 5.07. The Morgan fingerprint density at radius 2 is 1.67 bits per heavy atom. The molecule has 0 atom stereocenters. The SMILES string of the molecule is COC1CCN(CC2(CNC3CC3)CCCCCC2)CC1. The van der Waals surface area contributed by atoms with Gasteiger partial charge in [-0.1, -0.05) is 25.7 Å². The van der Waals surface area contributed by atoms with Gasteiger partial charge < -0.3 is 15.0 Å². The number of hydrogen-bond acceptors (Lipinski definition) is 3. The number of piperidine rings is 1. The zero-order chi connectivity index (χ0) is 14.5. The van der Waals surface area contributed by atoms with Gasteiger partial charge in [0, 0.05) is 39.3 Å². The van der Waals surface area contributed by atoms with Crippen molar-refractivity contribution >= 4 is 0 Å². The molecule has 3 rings (SSSR count). The lowest BCUT2D eigenvalue weighted by Crippen LogP contribution is -2.47. The van der Waals surface area contributed by atoms with Gasteiger partial charge in [-0.25, -0.2) is 0 Å². The topological polar surface area (TPSA) is 24.5 Å². The van der Waals surface area contributed by atoms with Crippen LogP contribution in [-0.2, 0) is 4.74 Å². The van der Waals surface area contributed by atoms with Gasteiger partial charge in [0.1, 0.15) is 0 Å². The van der Waals surface area contributed by atoms with Crippen LogP contribution in [-0.4, -0.2) is 50.3 Å². The van der Waals surface area contributed by atoms with Crippen molar-refractivity contribution in [3.63, 3.8) is 0 Å². The predicted molar refractivity (Wildman–Crippen MR) is 87.6 cm³/mol. The number of nitrogens with one attached hydrogen (secondary N) is 1. The van der Waals surface area contributed by atoms with E-state index in [1.807, 2.05) is 7.11 Å². The lowest BCUT2D eigenvalue weighted by molar-refractivity contribution is 0.0229. The Morgan fingerprint density at radius 3 is 2.24 bits per heavy atom. The summed E-state index contributed by atoms with van der Waals surface area (Å²) in [6.07, 6.45) is 14.5. The molecule has 3 aliphatic rings. The standard InChI is InChI=1S/C18H34N2O/c1-21-17-8-12-20(13-9-17)15-18(14-19-16-6-7-16)10-4-2-3-5-11-18/h16-17,19H,2-15H2,1H3. The summed E-state index contributed by atoms with van der Waals surface area (Å²) in [4.78, 5) is 2.73. The van der Waals surface area contributed by atoms with E-state index in [4.69, 9.17) is 4.74 Å². The fourth-order valence-corrected chi connectivity index (χ4v) is 4.30. The van der Waals surface area contributed by atoms with Crippen LogP contribution in [0.3, 0.4) is 0 Å². The molecule has 1 N–H and O–H groups in total. The van der Waals surface area contributed by atoms with Crippen molar-refractivity contribution in [3.8, 4) is 0 Å². The summed E-state index contributed by atoms with van der Waals surface area (Å²) in [7, 11) is 1.87. The van der Waals surface area contributed by atoms with Crippen molar-refractivity contribution in [2.45, 2.75) is 76.4 Å². The molecule has 3 heteroatoms. The molecule has 3 fully saturated rings. The number of likely N-dealkylation sites (tertiary alicyclic amines) is 1. The Balaban J connectivity index is 1.55. The number of rotatable bonds is 6. The molecule has 1 aliphatic heterocycles. The summed E-state index contributed by atoms with van der Waals surface area (Å²) in [6, 6.07) is 0.851. The molecule has 0 aromatic heterocycles. The van der Waals surface area contributed by atoms with Crippen LogP contribution in [0.5, 0.6) is 0 Å².